The first-order chi connectivity index (χ1) is 48.8. The minimum atomic E-state index is -3.73. The number of sulfonamides is 1. The smallest absolute Gasteiger partial charge is 0.380 e. The van der Waals surface area contributed by atoms with Crippen LogP contribution in [0.15, 0.2) is 82.0 Å². The lowest BCUT2D eigenvalue weighted by Gasteiger charge is -2.25. The molecule has 0 amide bonds. The Morgan fingerprint density at radius 2 is 1.15 bits per heavy atom. The number of nitrogens with two attached hydrogens (primary N) is 2. The topological polar surface area (TPSA) is 442 Å². The van der Waals surface area contributed by atoms with Crippen molar-refractivity contribution in [1.82, 2.24) is 80.7 Å². The Morgan fingerprint density at radius 3 is 1.63 bits per heavy atom. The molecule has 101 heavy (non-hydrogen) atoms. The average molecular weight is 1510 g/mol. The Balaban J connectivity index is 0.000000128. The SMILES string of the molecule is C#Cc1cnc(N2CCCC2C(=O)[O-])nc1Nc1cc(C2CC2)[nH]n1.C#Cc1cnc(N2CC[C@H](N)C2)nc1Nc1cc(C2CC2)[nH]n1.CCOC(=O)C(=O)c1ccc(-c2ncc(Cl)c(Nc3cc(C4CC4)[nH]n3)n2)s1.NS(=O)(=O)c1ccc(-c2ncc(Br)c(Nc3cc(C4CC4)[nH]n3)n2)s1.[HH]. The van der Waals surface area contributed by atoms with Gasteiger partial charge in [0.15, 0.2) is 52.4 Å². The van der Waals surface area contributed by atoms with Crippen molar-refractivity contribution >= 4 is 136 Å². The second-order valence-electron chi connectivity index (χ2n) is 24.4. The number of primary sulfonamides is 1. The number of esters is 1. The zero-order valence-electron chi connectivity index (χ0n) is 53.9. The number of nitrogens with zero attached hydrogens (tertiary/aromatic N) is 14. The van der Waals surface area contributed by atoms with Crippen LogP contribution in [0.1, 0.15) is 146 Å². The first-order valence-electron chi connectivity index (χ1n) is 32.3. The molecular weight excluding hydrogens is 1440 g/mol. The van der Waals surface area contributed by atoms with Gasteiger partial charge in [-0.05, 0) is 118 Å². The van der Waals surface area contributed by atoms with Gasteiger partial charge in [-0.15, -0.1) is 35.5 Å². The van der Waals surface area contributed by atoms with Crippen LogP contribution in [0.5, 0.6) is 0 Å². The molecule has 2 atom stereocenters. The molecule has 16 rings (SSSR count). The van der Waals surface area contributed by atoms with E-state index in [0.29, 0.717) is 131 Å². The predicted molar refractivity (Wildman–Crippen MR) is 383 cm³/mol. The maximum atomic E-state index is 12.1. The number of anilines is 10. The normalized spacial score (nSPS) is 16.9. The van der Waals surface area contributed by atoms with E-state index in [9.17, 15) is 27.9 Å². The molecule has 1 unspecified atom stereocenters. The van der Waals surface area contributed by atoms with E-state index >= 15 is 0 Å². The summed E-state index contributed by atoms with van der Waals surface area (Å²) in [4.78, 5) is 75.1. The van der Waals surface area contributed by atoms with Crippen LogP contribution in [0.4, 0.5) is 58.4 Å². The van der Waals surface area contributed by atoms with Crippen LogP contribution in [-0.4, -0.2) is 145 Å². The highest BCUT2D eigenvalue weighted by Crippen LogP contribution is 2.43. The first-order valence-corrected chi connectivity index (χ1v) is 36.6. The number of H-pyrrole nitrogens is 4. The number of hydrogen-bond acceptors (Lipinski definition) is 28. The van der Waals surface area contributed by atoms with Gasteiger partial charge in [0.05, 0.1) is 67.4 Å². The maximum Gasteiger partial charge on any atom is 0.380 e. The Morgan fingerprint density at radius 1 is 0.663 bits per heavy atom. The Hall–Kier alpha value is -10.3. The summed E-state index contributed by atoms with van der Waals surface area (Å²) in [5, 5.41) is 58.4. The molecule has 6 aliphatic rings. The van der Waals surface area contributed by atoms with Crippen molar-refractivity contribution in [3.05, 3.63) is 122 Å². The highest BCUT2D eigenvalue weighted by atomic mass is 79.9. The van der Waals surface area contributed by atoms with E-state index in [1.807, 2.05) is 24.3 Å². The fourth-order valence-corrected chi connectivity index (χ4v) is 13.8. The fourth-order valence-electron chi connectivity index (χ4n) is 10.8. The molecule has 12 heterocycles. The predicted octanol–water partition coefficient (Wildman–Crippen LogP) is 9.01. The van der Waals surface area contributed by atoms with Gasteiger partial charge in [-0.1, -0.05) is 23.4 Å². The quantitative estimate of drug-likeness (QED) is 0.0139. The molecule has 4 saturated carbocycles. The van der Waals surface area contributed by atoms with Crippen molar-refractivity contribution in [3.8, 4) is 46.1 Å². The number of halogens is 2. The summed E-state index contributed by atoms with van der Waals surface area (Å²) in [6.07, 6.45) is 29.1. The summed E-state index contributed by atoms with van der Waals surface area (Å²) >= 11 is 11.8. The van der Waals surface area contributed by atoms with Crippen molar-refractivity contribution < 1.29 is 34.1 Å². The number of aliphatic carboxylic acids is 1. The van der Waals surface area contributed by atoms with Gasteiger partial charge in [0.25, 0.3) is 5.78 Å². The van der Waals surface area contributed by atoms with Crippen molar-refractivity contribution in [3.63, 3.8) is 0 Å². The number of rotatable bonds is 21. The number of carbonyl (C=O) groups is 3. The van der Waals surface area contributed by atoms with Gasteiger partial charge in [0.1, 0.15) is 15.0 Å². The van der Waals surface area contributed by atoms with Gasteiger partial charge in [-0.25, -0.2) is 48.3 Å². The molecule has 0 spiro atoms. The zero-order valence-corrected chi connectivity index (χ0v) is 58.7. The lowest BCUT2D eigenvalue weighted by molar-refractivity contribution is -0.307. The van der Waals surface area contributed by atoms with E-state index < -0.39 is 33.8 Å². The summed E-state index contributed by atoms with van der Waals surface area (Å²) < 4.78 is 28.3. The number of aromatic nitrogens is 16. The van der Waals surface area contributed by atoms with E-state index in [0.717, 1.165) is 77.2 Å². The number of nitrogens with one attached hydrogen (secondary N) is 8. The highest BCUT2D eigenvalue weighted by molar-refractivity contribution is 9.10. The van der Waals surface area contributed by atoms with Crippen LogP contribution in [0.2, 0.25) is 5.02 Å². The van der Waals surface area contributed by atoms with Crippen molar-refractivity contribution in [2.24, 2.45) is 10.9 Å². The highest BCUT2D eigenvalue weighted by Gasteiger charge is 2.32. The van der Waals surface area contributed by atoms with Crippen LogP contribution in [-0.2, 0) is 24.3 Å². The molecule has 522 valence electrons. The molecule has 12 N–H and O–H groups in total. The maximum absolute atomic E-state index is 12.1. The summed E-state index contributed by atoms with van der Waals surface area (Å²) in [6.45, 7) is 4.00. The van der Waals surface area contributed by atoms with Gasteiger partial charge in [-0.3, -0.25) is 25.2 Å². The number of aromatic amines is 4. The molecule has 2 saturated heterocycles. The minimum absolute atomic E-state index is 0. The second-order valence-corrected chi connectivity index (χ2v) is 29.6. The third-order valence-corrected chi connectivity index (χ3v) is 21.1. The molecule has 31 nitrogen and oxygen atoms in total. The largest absolute Gasteiger partial charge is 0.548 e. The third-order valence-electron chi connectivity index (χ3n) is 16.7. The van der Waals surface area contributed by atoms with Crippen LogP contribution in [0, 0.1) is 24.7 Å². The molecular formula is C65H67BrClN24O7S3-. The average Bonchev–Trinajstić information content (AvgIpc) is 1.50. The molecule has 10 aromatic rings. The van der Waals surface area contributed by atoms with Crippen molar-refractivity contribution in [1.29, 1.82) is 0 Å². The molecule has 6 fully saturated rings. The van der Waals surface area contributed by atoms with Gasteiger partial charge in [0, 0.05) is 104 Å². The summed E-state index contributed by atoms with van der Waals surface area (Å²) in [6, 6.07) is 13.7. The lowest BCUT2D eigenvalue weighted by atomic mass is 10.2. The summed E-state index contributed by atoms with van der Waals surface area (Å²) in [7, 11) is -3.73. The number of ketones is 1. The minimum Gasteiger partial charge on any atom is -0.548 e. The number of carboxylic acids is 1. The number of carboxylic acid groups (broad SMARTS) is 1. The Bertz CT molecular complexity index is 4920. The van der Waals surface area contributed by atoms with Gasteiger partial charge in [0.2, 0.25) is 21.9 Å². The van der Waals surface area contributed by atoms with Crippen LogP contribution in [0.25, 0.3) is 21.4 Å². The molecule has 36 heteroatoms. The number of carbonyl (C=O) groups excluding carboxylic acids is 3. The van der Waals surface area contributed by atoms with E-state index in [-0.39, 0.29) is 23.2 Å². The van der Waals surface area contributed by atoms with E-state index in [1.165, 1.54) is 69.8 Å². The number of hydrogen-bond donors (Lipinski definition) is 10. The molecule has 10 aromatic heterocycles. The van der Waals surface area contributed by atoms with Gasteiger partial charge in [-0.2, -0.15) is 30.4 Å². The molecule has 4 aliphatic carbocycles. The Labute approximate surface area is 600 Å². The molecule has 0 radical (unpaired) electrons. The van der Waals surface area contributed by atoms with E-state index in [2.05, 4.69) is 135 Å². The van der Waals surface area contributed by atoms with Crippen molar-refractivity contribution in [2.75, 3.05) is 57.3 Å². The van der Waals surface area contributed by atoms with E-state index in [1.54, 1.807) is 42.4 Å². The standard InChI is InChI=1S/C18H16ClN5O3S.C17H18N6O2.C16H19N7.C14H13BrN6O2S2.H2/c1-2-27-18(26)15(25)12-5-6-13(28-12)17-20-8-10(19)16(22-17)21-14-7-11(23-24-14)9-3-4-9;1-2-10-9-18-17(23-7-3-4-13(23)16(24)25)20-15(10)19-14-8-12(21-22-14)11-5-6-11;1-2-10-8-18-16(23-6-5-12(17)9-23)20-15(10)19-14-7-13(21-22-14)11-3-4-11;15-8-6-17-14(10-3-4-12(24-10)25(16,22)23)19-13(8)18-11-5-9(20-21-11)7-1-2-7;/h5-9H,2-4H2,1H3,(H2,20,21,22,23,24);1,8-9,11,13H,3-7H2,(H,24,25)(H2,18,19,20,21,22);1,7-8,11-12H,3-6,9,17H2,(H2,18,19,20,21,22);3-7H,1-2H2,(H2,16,22,23)(H2,17,18,19,20,21);1H/p-1/t;;12-;;/m..0../s1. The Kier molecular flexibility index (Phi) is 20.8. The van der Waals surface area contributed by atoms with Crippen LogP contribution in [0.3, 0.4) is 0 Å². The number of thiophene rings is 2. The second kappa shape index (κ2) is 30.3. The molecule has 0 bridgehead atoms. The lowest BCUT2D eigenvalue weighted by Crippen LogP contribution is -2.45. The van der Waals surface area contributed by atoms with Gasteiger partial charge < -0.3 is 51.4 Å². The zero-order chi connectivity index (χ0) is 70.5. The van der Waals surface area contributed by atoms with Gasteiger partial charge >= 0.3 is 5.97 Å². The first kappa shape index (κ1) is 69.2. The number of Topliss-reactive ketones (excluding diaryl/α,β-unsaturated/α-hetero) is 1. The fraction of sp³-hybridized carbons (Fsp3) is 0.338. The molecule has 2 aliphatic heterocycles. The molecule has 0 aromatic carbocycles. The number of ether oxygens (including phenoxy) is 1. The van der Waals surface area contributed by atoms with E-state index in [4.69, 9.17) is 40.1 Å². The van der Waals surface area contributed by atoms with Crippen LogP contribution < -0.4 is 47.0 Å². The van der Waals surface area contributed by atoms with Crippen molar-refractivity contribution in [2.45, 2.75) is 118 Å². The summed E-state index contributed by atoms with van der Waals surface area (Å²) in [5.74, 6) is 11.2. The number of terminal acetylenes is 2. The summed E-state index contributed by atoms with van der Waals surface area (Å²) in [5.41, 5.74) is 11.5. The van der Waals surface area contributed by atoms with Crippen LogP contribution >= 0.6 is 50.2 Å². The monoisotopic (exact) mass is 1510 g/mol. The third kappa shape index (κ3) is 17.3.